The van der Waals surface area contributed by atoms with Crippen molar-refractivity contribution in [3.8, 4) is 11.5 Å². The molecular formula is C23H27N5O3. The molecule has 0 spiro atoms. The normalized spacial score (nSPS) is 22.5. The van der Waals surface area contributed by atoms with Gasteiger partial charge in [0.25, 0.3) is 0 Å². The third-order valence-electron chi connectivity index (χ3n) is 6.36. The molecule has 8 nitrogen and oxygen atoms in total. The van der Waals surface area contributed by atoms with Gasteiger partial charge in [-0.25, -0.2) is 9.97 Å². The maximum absolute atomic E-state index is 12.9. The Morgan fingerprint density at radius 1 is 1.00 bits per heavy atom. The predicted molar refractivity (Wildman–Crippen MR) is 117 cm³/mol. The van der Waals surface area contributed by atoms with Crippen LogP contribution >= 0.6 is 0 Å². The Morgan fingerprint density at radius 2 is 1.77 bits per heavy atom. The van der Waals surface area contributed by atoms with E-state index >= 15 is 0 Å². The molecule has 5 rings (SSSR count). The minimum Gasteiger partial charge on any atom is -0.439 e. The van der Waals surface area contributed by atoms with E-state index in [4.69, 9.17) is 9.15 Å². The van der Waals surface area contributed by atoms with Crippen molar-refractivity contribution in [1.82, 2.24) is 19.9 Å². The van der Waals surface area contributed by atoms with Crippen molar-refractivity contribution in [1.29, 1.82) is 0 Å². The quantitative estimate of drug-likeness (QED) is 0.690. The van der Waals surface area contributed by atoms with Crippen molar-refractivity contribution < 1.29 is 13.9 Å². The van der Waals surface area contributed by atoms with Crippen molar-refractivity contribution in [3.63, 3.8) is 0 Å². The summed E-state index contributed by atoms with van der Waals surface area (Å²) in [4.78, 5) is 28.3. The third-order valence-corrected chi connectivity index (χ3v) is 6.36. The average Bonchev–Trinajstić information content (AvgIpc) is 3.25. The number of aryl methyl sites for hydroxylation is 1. The molecule has 1 N–H and O–H groups in total. The zero-order chi connectivity index (χ0) is 21.2. The Bertz CT molecular complexity index is 1070. The lowest BCUT2D eigenvalue weighted by Crippen LogP contribution is -2.45. The van der Waals surface area contributed by atoms with Gasteiger partial charge in [-0.15, -0.1) is 0 Å². The molecule has 2 fully saturated rings. The molecule has 1 aliphatic carbocycles. The van der Waals surface area contributed by atoms with Crippen LogP contribution in [0.15, 0.2) is 35.1 Å². The minimum absolute atomic E-state index is 0.0416. The molecule has 4 heterocycles. The summed E-state index contributed by atoms with van der Waals surface area (Å²) >= 11 is 0. The fraction of sp³-hybridized carbons (Fsp3) is 0.478. The molecule has 1 saturated heterocycles. The van der Waals surface area contributed by atoms with E-state index in [1.165, 1.54) is 0 Å². The summed E-state index contributed by atoms with van der Waals surface area (Å²) in [5, 5.41) is 4.87. The molecule has 0 bridgehead atoms. The number of morpholine rings is 1. The molecule has 1 aliphatic heterocycles. The van der Waals surface area contributed by atoms with E-state index in [0.29, 0.717) is 29.2 Å². The molecule has 0 unspecified atom stereocenters. The summed E-state index contributed by atoms with van der Waals surface area (Å²) in [6, 6.07) is 4.40. The van der Waals surface area contributed by atoms with Gasteiger partial charge in [0.15, 0.2) is 11.7 Å². The van der Waals surface area contributed by atoms with Crippen LogP contribution in [0, 0.1) is 12.8 Å². The molecule has 0 atom stereocenters. The number of pyridine rings is 2. The van der Waals surface area contributed by atoms with Gasteiger partial charge in [-0.3, -0.25) is 14.7 Å². The highest BCUT2D eigenvalue weighted by Gasteiger charge is 2.30. The number of rotatable bonds is 4. The second kappa shape index (κ2) is 8.72. The Balaban J connectivity index is 1.24. The van der Waals surface area contributed by atoms with E-state index in [1.54, 1.807) is 25.5 Å². The highest BCUT2D eigenvalue weighted by molar-refractivity contribution is 5.94. The highest BCUT2D eigenvalue weighted by atomic mass is 16.5. The van der Waals surface area contributed by atoms with Crippen LogP contribution in [-0.4, -0.2) is 58.1 Å². The van der Waals surface area contributed by atoms with Crippen LogP contribution in [0.25, 0.3) is 22.2 Å². The predicted octanol–water partition coefficient (Wildman–Crippen LogP) is 3.42. The SMILES string of the molecule is Cc1ncc(-c2cc3cc(NC(=O)C4CCC(N5CCOCC5)CC4)ncc3cn2)o1. The first kappa shape index (κ1) is 20.1. The number of aromatic nitrogens is 3. The van der Waals surface area contributed by atoms with E-state index < -0.39 is 0 Å². The number of carbonyl (C=O) groups excluding carboxylic acids is 1. The van der Waals surface area contributed by atoms with Crippen molar-refractivity contribution in [2.75, 3.05) is 31.6 Å². The molecule has 3 aromatic rings. The van der Waals surface area contributed by atoms with Crippen molar-refractivity contribution >= 4 is 22.5 Å². The standard InChI is InChI=1S/C23H27N5O3/c1-15-24-14-21(31-15)20-10-17-11-22(26-13-18(17)12-25-20)27-23(29)16-2-4-19(5-3-16)28-6-8-30-9-7-28/h10-14,16,19H,2-9H2,1H3,(H,26,27,29). The molecule has 2 aliphatic rings. The van der Waals surface area contributed by atoms with E-state index in [2.05, 4.69) is 25.2 Å². The number of nitrogens with one attached hydrogen (secondary N) is 1. The van der Waals surface area contributed by atoms with Gasteiger partial charge in [0.2, 0.25) is 5.91 Å². The largest absolute Gasteiger partial charge is 0.439 e. The van der Waals surface area contributed by atoms with Gasteiger partial charge in [0.1, 0.15) is 11.5 Å². The van der Waals surface area contributed by atoms with E-state index in [9.17, 15) is 4.79 Å². The summed E-state index contributed by atoms with van der Waals surface area (Å²) in [6.45, 7) is 5.46. The first-order chi connectivity index (χ1) is 15.2. The second-order valence-corrected chi connectivity index (χ2v) is 8.37. The summed E-state index contributed by atoms with van der Waals surface area (Å²) in [7, 11) is 0. The number of anilines is 1. The topological polar surface area (TPSA) is 93.4 Å². The fourth-order valence-corrected chi connectivity index (χ4v) is 4.59. The Hall–Kier alpha value is -2.84. The van der Waals surface area contributed by atoms with Gasteiger partial charge >= 0.3 is 0 Å². The molecule has 0 aromatic carbocycles. The number of ether oxygens (including phenoxy) is 1. The van der Waals surface area contributed by atoms with Crippen molar-refractivity contribution in [3.05, 3.63) is 36.6 Å². The summed E-state index contributed by atoms with van der Waals surface area (Å²) in [6.07, 6.45) is 9.13. The van der Waals surface area contributed by atoms with Crippen LogP contribution < -0.4 is 5.32 Å². The number of nitrogens with zero attached hydrogens (tertiary/aromatic N) is 4. The maximum Gasteiger partial charge on any atom is 0.228 e. The lowest BCUT2D eigenvalue weighted by Gasteiger charge is -2.38. The van der Waals surface area contributed by atoms with Gasteiger partial charge in [-0.2, -0.15) is 0 Å². The van der Waals surface area contributed by atoms with Gasteiger partial charge in [-0.05, 0) is 43.2 Å². The first-order valence-electron chi connectivity index (χ1n) is 11.0. The number of oxazole rings is 1. The molecular weight excluding hydrogens is 394 g/mol. The van der Waals surface area contributed by atoms with Gasteiger partial charge in [0.05, 0.1) is 19.4 Å². The van der Waals surface area contributed by atoms with Crippen LogP contribution in [0.5, 0.6) is 0 Å². The molecule has 1 saturated carbocycles. The summed E-state index contributed by atoms with van der Waals surface area (Å²) < 4.78 is 11.0. The van der Waals surface area contributed by atoms with Crippen LogP contribution in [0.2, 0.25) is 0 Å². The zero-order valence-corrected chi connectivity index (χ0v) is 17.7. The fourth-order valence-electron chi connectivity index (χ4n) is 4.59. The van der Waals surface area contributed by atoms with Gasteiger partial charge < -0.3 is 14.5 Å². The number of fused-ring (bicyclic) bond motifs is 1. The number of amides is 1. The Morgan fingerprint density at radius 3 is 2.52 bits per heavy atom. The van der Waals surface area contributed by atoms with Crippen LogP contribution in [0.4, 0.5) is 5.82 Å². The van der Waals surface area contributed by atoms with E-state index in [1.807, 2.05) is 12.1 Å². The lowest BCUT2D eigenvalue weighted by molar-refractivity contribution is -0.121. The summed E-state index contributed by atoms with van der Waals surface area (Å²) in [5.41, 5.74) is 0.706. The number of hydrogen-bond acceptors (Lipinski definition) is 7. The average molecular weight is 422 g/mol. The highest BCUT2D eigenvalue weighted by Crippen LogP contribution is 2.29. The molecule has 162 valence electrons. The van der Waals surface area contributed by atoms with Crippen molar-refractivity contribution in [2.45, 2.75) is 38.6 Å². The molecule has 8 heteroatoms. The van der Waals surface area contributed by atoms with Crippen LogP contribution in [-0.2, 0) is 9.53 Å². The van der Waals surface area contributed by atoms with Crippen molar-refractivity contribution in [2.24, 2.45) is 5.92 Å². The smallest absolute Gasteiger partial charge is 0.228 e. The first-order valence-corrected chi connectivity index (χ1v) is 11.0. The zero-order valence-electron chi connectivity index (χ0n) is 17.7. The second-order valence-electron chi connectivity index (χ2n) is 8.37. The number of hydrogen-bond donors (Lipinski definition) is 1. The third kappa shape index (κ3) is 4.45. The van der Waals surface area contributed by atoms with Crippen LogP contribution in [0.3, 0.4) is 0 Å². The summed E-state index contributed by atoms with van der Waals surface area (Å²) in [5.74, 6) is 1.90. The number of carbonyl (C=O) groups is 1. The van der Waals surface area contributed by atoms with Gasteiger partial charge in [0, 0.05) is 49.8 Å². The minimum atomic E-state index is 0.0416. The van der Waals surface area contributed by atoms with Crippen LogP contribution in [0.1, 0.15) is 31.6 Å². The molecule has 31 heavy (non-hydrogen) atoms. The molecule has 0 radical (unpaired) electrons. The van der Waals surface area contributed by atoms with Gasteiger partial charge in [-0.1, -0.05) is 0 Å². The lowest BCUT2D eigenvalue weighted by atomic mass is 9.84. The monoisotopic (exact) mass is 421 g/mol. The van der Waals surface area contributed by atoms with E-state index in [0.717, 1.165) is 62.8 Å². The maximum atomic E-state index is 12.9. The van der Waals surface area contributed by atoms with E-state index in [-0.39, 0.29) is 11.8 Å². The Labute approximate surface area is 181 Å². The molecule has 1 amide bonds. The molecule has 3 aromatic heterocycles. The Kier molecular flexibility index (Phi) is 5.65.